The van der Waals surface area contributed by atoms with Gasteiger partial charge in [0, 0.05) is 17.3 Å². The van der Waals surface area contributed by atoms with E-state index in [0.717, 1.165) is 24.3 Å². The SMILES string of the molecule is O=C1[C@@H]2C(Cc3ccc(O)cc3)NC3(C(=O)Nc4ccc(F)cc43)[C@@H]2C(=O)N1c1cccc(C(F)(F)F)c1. The number of carbonyl (C=O) groups excluding carboxylic acids is 3. The van der Waals surface area contributed by atoms with Gasteiger partial charge in [0.05, 0.1) is 23.1 Å². The Hall–Kier alpha value is -4.25. The fourth-order valence-corrected chi connectivity index (χ4v) is 5.91. The van der Waals surface area contributed by atoms with E-state index in [1.54, 1.807) is 12.1 Å². The van der Waals surface area contributed by atoms with E-state index < -0.39 is 58.7 Å². The average Bonchev–Trinajstić information content (AvgIpc) is 3.44. The lowest BCUT2D eigenvalue weighted by atomic mass is 9.76. The number of hydrogen-bond donors (Lipinski definition) is 3. The molecule has 4 atom stereocenters. The van der Waals surface area contributed by atoms with Crippen molar-refractivity contribution in [3.8, 4) is 5.75 Å². The Labute approximate surface area is 213 Å². The van der Waals surface area contributed by atoms with E-state index in [9.17, 15) is 37.1 Å². The Morgan fingerprint density at radius 2 is 1.68 bits per heavy atom. The fraction of sp³-hybridized carbons (Fsp3) is 0.222. The van der Waals surface area contributed by atoms with Crippen LogP contribution in [0.15, 0.2) is 66.7 Å². The van der Waals surface area contributed by atoms with Gasteiger partial charge in [-0.25, -0.2) is 9.29 Å². The summed E-state index contributed by atoms with van der Waals surface area (Å²) in [4.78, 5) is 41.8. The van der Waals surface area contributed by atoms with E-state index in [1.165, 1.54) is 24.3 Å². The zero-order chi connectivity index (χ0) is 27.0. The first-order chi connectivity index (χ1) is 18.0. The maximum absolute atomic E-state index is 14.4. The van der Waals surface area contributed by atoms with Gasteiger partial charge in [-0.3, -0.25) is 19.7 Å². The van der Waals surface area contributed by atoms with Crippen LogP contribution in [0.25, 0.3) is 0 Å². The molecule has 0 bridgehead atoms. The lowest BCUT2D eigenvalue weighted by Gasteiger charge is -2.29. The van der Waals surface area contributed by atoms with Crippen LogP contribution in [0.5, 0.6) is 5.75 Å². The van der Waals surface area contributed by atoms with Gasteiger partial charge in [-0.2, -0.15) is 13.2 Å². The van der Waals surface area contributed by atoms with Crippen molar-refractivity contribution >= 4 is 29.1 Å². The lowest BCUT2D eigenvalue weighted by molar-refractivity contribution is -0.137. The minimum atomic E-state index is -4.70. The molecule has 3 aromatic carbocycles. The number of imide groups is 1. The Kier molecular flexibility index (Phi) is 5.15. The second kappa shape index (κ2) is 8.12. The van der Waals surface area contributed by atoms with Gasteiger partial charge in [-0.1, -0.05) is 18.2 Å². The molecule has 11 heteroatoms. The molecular formula is C27H19F4N3O4. The number of halogens is 4. The zero-order valence-corrected chi connectivity index (χ0v) is 19.4. The lowest BCUT2D eigenvalue weighted by Crippen LogP contribution is -2.53. The monoisotopic (exact) mass is 525 g/mol. The Morgan fingerprint density at radius 3 is 2.39 bits per heavy atom. The quantitative estimate of drug-likeness (QED) is 0.358. The highest BCUT2D eigenvalue weighted by Gasteiger charge is 2.70. The van der Waals surface area contributed by atoms with Crippen molar-refractivity contribution in [3.05, 3.63) is 89.2 Å². The van der Waals surface area contributed by atoms with Crippen molar-refractivity contribution < 1.29 is 37.1 Å². The van der Waals surface area contributed by atoms with Gasteiger partial charge in [0.1, 0.15) is 17.1 Å². The molecule has 3 heterocycles. The predicted octanol–water partition coefficient (Wildman–Crippen LogP) is 3.72. The molecule has 38 heavy (non-hydrogen) atoms. The maximum Gasteiger partial charge on any atom is 0.416 e. The van der Waals surface area contributed by atoms with Crippen LogP contribution in [0.2, 0.25) is 0 Å². The topological polar surface area (TPSA) is 98.7 Å². The van der Waals surface area contributed by atoms with Crippen molar-refractivity contribution in [1.29, 1.82) is 0 Å². The van der Waals surface area contributed by atoms with E-state index in [-0.39, 0.29) is 29.1 Å². The predicted molar refractivity (Wildman–Crippen MR) is 126 cm³/mol. The van der Waals surface area contributed by atoms with Crippen molar-refractivity contribution in [2.24, 2.45) is 11.8 Å². The molecule has 0 saturated carbocycles. The first kappa shape index (κ1) is 24.1. The minimum absolute atomic E-state index is 0.0184. The largest absolute Gasteiger partial charge is 0.508 e. The summed E-state index contributed by atoms with van der Waals surface area (Å²) in [6, 6.07) is 12.8. The molecule has 3 amide bonds. The number of carbonyl (C=O) groups is 3. The molecule has 3 aliphatic rings. The van der Waals surface area contributed by atoms with Crippen LogP contribution in [0.4, 0.5) is 28.9 Å². The van der Waals surface area contributed by atoms with Crippen LogP contribution in [0.3, 0.4) is 0 Å². The van der Waals surface area contributed by atoms with Gasteiger partial charge >= 0.3 is 6.18 Å². The van der Waals surface area contributed by atoms with Gasteiger partial charge in [-0.15, -0.1) is 0 Å². The standard InChI is InChI=1S/C27H19F4N3O4/c28-15-6-9-19-18(12-15)26(25(38)32-19)22-21(20(33-26)10-13-4-7-17(35)8-5-13)23(36)34(24(22)37)16-3-1-2-14(11-16)27(29,30)31/h1-9,11-12,20-22,33,35H,10H2,(H,32,38)/t20?,21-,22+,26?/m1/s1. The van der Waals surface area contributed by atoms with Gasteiger partial charge in [0.2, 0.25) is 17.7 Å². The number of nitrogens with zero attached hydrogens (tertiary/aromatic N) is 1. The summed E-state index contributed by atoms with van der Waals surface area (Å²) in [5, 5.41) is 15.4. The van der Waals surface area contributed by atoms with Crippen molar-refractivity contribution in [2.75, 3.05) is 10.2 Å². The molecule has 3 N–H and O–H groups in total. The fourth-order valence-electron chi connectivity index (χ4n) is 5.91. The summed E-state index contributed by atoms with van der Waals surface area (Å²) >= 11 is 0. The summed E-state index contributed by atoms with van der Waals surface area (Å²) < 4.78 is 54.6. The third kappa shape index (κ3) is 3.42. The number of phenolic OH excluding ortho intramolecular Hbond substituents is 1. The van der Waals surface area contributed by atoms with Crippen LogP contribution in [-0.2, 0) is 32.5 Å². The Balaban J connectivity index is 1.49. The second-order valence-corrected chi connectivity index (χ2v) is 9.64. The summed E-state index contributed by atoms with van der Waals surface area (Å²) in [6.45, 7) is 0. The van der Waals surface area contributed by atoms with Gasteiger partial charge in [-0.05, 0) is 60.5 Å². The van der Waals surface area contributed by atoms with Crippen molar-refractivity contribution in [3.63, 3.8) is 0 Å². The van der Waals surface area contributed by atoms with Crippen LogP contribution in [0.1, 0.15) is 16.7 Å². The van der Waals surface area contributed by atoms with Crippen LogP contribution in [0, 0.1) is 17.7 Å². The van der Waals surface area contributed by atoms with E-state index >= 15 is 0 Å². The molecule has 7 nitrogen and oxygen atoms in total. The summed E-state index contributed by atoms with van der Waals surface area (Å²) in [5.41, 5.74) is -2.02. The first-order valence-corrected chi connectivity index (χ1v) is 11.7. The average molecular weight is 525 g/mol. The van der Waals surface area contributed by atoms with E-state index in [2.05, 4.69) is 10.6 Å². The number of fused-ring (bicyclic) bond motifs is 4. The van der Waals surface area contributed by atoms with E-state index in [4.69, 9.17) is 0 Å². The van der Waals surface area contributed by atoms with Gasteiger partial charge in [0.15, 0.2) is 0 Å². The number of phenols is 1. The Bertz CT molecular complexity index is 1510. The molecule has 0 aliphatic carbocycles. The number of hydrogen-bond acceptors (Lipinski definition) is 5. The molecule has 0 radical (unpaired) electrons. The number of amides is 3. The number of rotatable bonds is 3. The number of alkyl halides is 3. The number of benzene rings is 3. The van der Waals surface area contributed by atoms with Crippen molar-refractivity contribution in [2.45, 2.75) is 24.2 Å². The molecular weight excluding hydrogens is 506 g/mol. The molecule has 6 rings (SSSR count). The van der Waals surface area contributed by atoms with E-state index in [1.807, 2.05) is 0 Å². The van der Waals surface area contributed by atoms with Crippen LogP contribution < -0.4 is 15.5 Å². The van der Waals surface area contributed by atoms with Crippen LogP contribution >= 0.6 is 0 Å². The zero-order valence-electron chi connectivity index (χ0n) is 19.4. The number of nitrogens with one attached hydrogen (secondary N) is 2. The molecule has 2 saturated heterocycles. The summed E-state index contributed by atoms with van der Waals surface area (Å²) in [5.74, 6) is -5.39. The minimum Gasteiger partial charge on any atom is -0.508 e. The second-order valence-electron chi connectivity index (χ2n) is 9.64. The molecule has 2 fully saturated rings. The third-order valence-electron chi connectivity index (χ3n) is 7.50. The van der Waals surface area contributed by atoms with Gasteiger partial charge < -0.3 is 10.4 Å². The van der Waals surface area contributed by atoms with E-state index in [0.29, 0.717) is 16.5 Å². The summed E-state index contributed by atoms with van der Waals surface area (Å²) in [6.07, 6.45) is -4.56. The molecule has 1 spiro atoms. The number of aromatic hydroxyl groups is 1. The third-order valence-corrected chi connectivity index (χ3v) is 7.50. The highest BCUT2D eigenvalue weighted by Crippen LogP contribution is 2.54. The molecule has 2 unspecified atom stereocenters. The Morgan fingerprint density at radius 1 is 0.947 bits per heavy atom. The van der Waals surface area contributed by atoms with Gasteiger partial charge in [0.25, 0.3) is 0 Å². The maximum atomic E-state index is 14.4. The number of anilines is 2. The molecule has 3 aliphatic heterocycles. The summed E-state index contributed by atoms with van der Waals surface area (Å²) in [7, 11) is 0. The molecule has 0 aromatic heterocycles. The van der Waals surface area contributed by atoms with Crippen molar-refractivity contribution in [1.82, 2.24) is 5.32 Å². The molecule has 3 aromatic rings. The first-order valence-electron chi connectivity index (χ1n) is 11.7. The smallest absolute Gasteiger partial charge is 0.416 e. The highest BCUT2D eigenvalue weighted by atomic mass is 19.4. The normalized spacial score (nSPS) is 26.2. The molecule has 194 valence electrons. The van der Waals surface area contributed by atoms with Crippen LogP contribution in [-0.4, -0.2) is 28.9 Å². The highest BCUT2D eigenvalue weighted by molar-refractivity contribution is 6.25.